The fraction of sp³-hybridized carbons (Fsp3) is 0.538. The zero-order chi connectivity index (χ0) is 24.6. The fourth-order valence-corrected chi connectivity index (χ4v) is 5.40. The molecule has 1 aliphatic heterocycles. The number of H-pyrrole nitrogens is 1. The topological polar surface area (TPSA) is 83.7 Å². The van der Waals surface area contributed by atoms with Gasteiger partial charge in [-0.3, -0.25) is 9.59 Å². The van der Waals surface area contributed by atoms with Gasteiger partial charge in [0, 0.05) is 35.0 Å². The van der Waals surface area contributed by atoms with Gasteiger partial charge in [0.25, 0.3) is 11.5 Å². The second kappa shape index (κ2) is 10.0. The van der Waals surface area contributed by atoms with E-state index in [-0.39, 0.29) is 24.1 Å². The summed E-state index contributed by atoms with van der Waals surface area (Å²) in [5.41, 5.74) is 3.06. The van der Waals surface area contributed by atoms with Gasteiger partial charge in [-0.15, -0.1) is 0 Å². The zero-order valence-electron chi connectivity index (χ0n) is 20.6. The van der Waals surface area contributed by atoms with E-state index < -0.39 is 0 Å². The van der Waals surface area contributed by atoms with Gasteiger partial charge in [0.05, 0.1) is 5.02 Å². The van der Waals surface area contributed by atoms with E-state index in [1.807, 2.05) is 26.8 Å². The average molecular weight is 488 g/mol. The standard InChI is InChI=1S/C26H34ClN3O4/c1-14-10-15(2)29-26(32)20(14)12-28-25(31)19-11-21(27)24-23(16(19)3)33-13-22(34-24)17-6-8-18(9-7-17)30(4)5/h10-11,17-18,22H,6-9,12-13H2,1-5H3,(H,28,31)(H,29,32). The summed E-state index contributed by atoms with van der Waals surface area (Å²) < 4.78 is 12.5. The highest BCUT2D eigenvalue weighted by Crippen LogP contribution is 2.45. The van der Waals surface area contributed by atoms with Crippen LogP contribution in [0.2, 0.25) is 5.02 Å². The monoisotopic (exact) mass is 487 g/mol. The molecule has 1 unspecified atom stereocenters. The summed E-state index contributed by atoms with van der Waals surface area (Å²) >= 11 is 6.57. The number of carbonyl (C=O) groups excluding carboxylic acids is 1. The number of amides is 1. The molecule has 1 aromatic carbocycles. The van der Waals surface area contributed by atoms with E-state index in [2.05, 4.69) is 29.3 Å². The number of fused-ring (bicyclic) bond motifs is 1. The molecule has 2 N–H and O–H groups in total. The maximum Gasteiger partial charge on any atom is 0.253 e. The Morgan fingerprint density at radius 3 is 2.50 bits per heavy atom. The third-order valence-electron chi connectivity index (χ3n) is 7.26. The molecule has 2 heterocycles. The summed E-state index contributed by atoms with van der Waals surface area (Å²) in [5, 5.41) is 3.21. The summed E-state index contributed by atoms with van der Waals surface area (Å²) in [6.07, 6.45) is 4.46. The number of aromatic nitrogens is 1. The number of hydrogen-bond donors (Lipinski definition) is 2. The summed E-state index contributed by atoms with van der Waals surface area (Å²) in [4.78, 5) is 30.3. The highest BCUT2D eigenvalue weighted by Gasteiger charge is 2.35. The molecule has 1 amide bonds. The van der Waals surface area contributed by atoms with Crippen LogP contribution in [0.3, 0.4) is 0 Å². The number of carbonyl (C=O) groups is 1. The number of ether oxygens (including phenoxy) is 2. The third-order valence-corrected chi connectivity index (χ3v) is 7.54. The molecule has 7 nitrogen and oxygen atoms in total. The number of nitrogens with zero attached hydrogens (tertiary/aromatic N) is 1. The maximum atomic E-state index is 13.0. The Hall–Kier alpha value is -2.51. The van der Waals surface area contributed by atoms with Crippen molar-refractivity contribution in [2.45, 2.75) is 65.1 Å². The van der Waals surface area contributed by atoms with Crippen LogP contribution >= 0.6 is 11.6 Å². The number of rotatable bonds is 5. The molecule has 0 radical (unpaired) electrons. The van der Waals surface area contributed by atoms with E-state index in [4.69, 9.17) is 21.1 Å². The predicted molar refractivity (Wildman–Crippen MR) is 133 cm³/mol. The van der Waals surface area contributed by atoms with Gasteiger partial charge in [-0.1, -0.05) is 11.6 Å². The van der Waals surface area contributed by atoms with Crippen molar-refractivity contribution in [3.8, 4) is 11.5 Å². The van der Waals surface area contributed by atoms with Crippen LogP contribution in [0, 0.1) is 26.7 Å². The molecule has 4 rings (SSSR count). The first-order valence-electron chi connectivity index (χ1n) is 11.9. The minimum atomic E-state index is -0.311. The summed E-state index contributed by atoms with van der Waals surface area (Å²) in [5.74, 6) is 1.17. The van der Waals surface area contributed by atoms with Crippen molar-refractivity contribution in [2.24, 2.45) is 5.92 Å². The molecule has 34 heavy (non-hydrogen) atoms. The van der Waals surface area contributed by atoms with Crippen LogP contribution in [0.1, 0.15) is 58.4 Å². The number of nitrogens with one attached hydrogen (secondary N) is 2. The minimum absolute atomic E-state index is 0.0385. The lowest BCUT2D eigenvalue weighted by atomic mass is 9.82. The molecular formula is C26H34ClN3O4. The lowest BCUT2D eigenvalue weighted by molar-refractivity contribution is 0.0242. The molecular weight excluding hydrogens is 454 g/mol. The lowest BCUT2D eigenvalue weighted by Gasteiger charge is -2.38. The van der Waals surface area contributed by atoms with E-state index in [1.165, 1.54) is 0 Å². The Morgan fingerprint density at radius 1 is 1.15 bits per heavy atom. The number of pyridine rings is 1. The number of aryl methyl sites for hydroxylation is 2. The first-order chi connectivity index (χ1) is 16.2. The van der Waals surface area contributed by atoms with Crippen LogP contribution < -0.4 is 20.3 Å². The van der Waals surface area contributed by atoms with E-state index in [9.17, 15) is 9.59 Å². The Morgan fingerprint density at radius 2 is 1.85 bits per heavy atom. The van der Waals surface area contributed by atoms with Crippen LogP contribution in [0.5, 0.6) is 11.5 Å². The second-order valence-electron chi connectivity index (χ2n) is 9.81. The minimum Gasteiger partial charge on any atom is -0.485 e. The van der Waals surface area contributed by atoms with E-state index in [0.717, 1.165) is 36.9 Å². The van der Waals surface area contributed by atoms with Crippen LogP contribution in [0.25, 0.3) is 0 Å². The molecule has 1 aromatic heterocycles. The zero-order valence-corrected chi connectivity index (χ0v) is 21.3. The van der Waals surface area contributed by atoms with Gasteiger partial charge in [0.2, 0.25) is 0 Å². The molecule has 1 aliphatic carbocycles. The number of benzene rings is 1. The van der Waals surface area contributed by atoms with Crippen molar-refractivity contribution in [3.05, 3.63) is 55.5 Å². The van der Waals surface area contributed by atoms with Crippen LogP contribution in [0.4, 0.5) is 0 Å². The molecule has 1 saturated carbocycles. The number of hydrogen-bond acceptors (Lipinski definition) is 5. The van der Waals surface area contributed by atoms with Gasteiger partial charge < -0.3 is 24.7 Å². The van der Waals surface area contributed by atoms with Gasteiger partial charge in [-0.25, -0.2) is 0 Å². The summed E-state index contributed by atoms with van der Waals surface area (Å²) in [7, 11) is 4.27. The second-order valence-corrected chi connectivity index (χ2v) is 10.2. The fourth-order valence-electron chi connectivity index (χ4n) is 5.16. The Balaban J connectivity index is 1.47. The van der Waals surface area contributed by atoms with Gasteiger partial charge in [0.1, 0.15) is 12.7 Å². The SMILES string of the molecule is Cc1cc(C)c(CNC(=O)c2cc(Cl)c3c(c2C)OCC(C2CCC(N(C)C)CC2)O3)c(=O)[nH]1. The lowest BCUT2D eigenvalue weighted by Crippen LogP contribution is -2.41. The van der Waals surface area contributed by atoms with Crippen LogP contribution in [0.15, 0.2) is 16.9 Å². The van der Waals surface area contributed by atoms with Crippen molar-refractivity contribution in [1.29, 1.82) is 0 Å². The molecule has 8 heteroatoms. The molecule has 184 valence electrons. The largest absolute Gasteiger partial charge is 0.485 e. The average Bonchev–Trinajstić information content (AvgIpc) is 2.80. The smallest absolute Gasteiger partial charge is 0.253 e. The molecule has 0 saturated heterocycles. The summed E-state index contributed by atoms with van der Waals surface area (Å²) in [6, 6.07) is 4.14. The maximum absolute atomic E-state index is 13.0. The van der Waals surface area contributed by atoms with Gasteiger partial charge in [0.15, 0.2) is 11.5 Å². The van der Waals surface area contributed by atoms with Crippen molar-refractivity contribution in [3.63, 3.8) is 0 Å². The highest BCUT2D eigenvalue weighted by molar-refractivity contribution is 6.32. The van der Waals surface area contributed by atoms with Gasteiger partial charge in [-0.2, -0.15) is 0 Å². The number of aromatic amines is 1. The van der Waals surface area contributed by atoms with Crippen molar-refractivity contribution in [2.75, 3.05) is 20.7 Å². The third kappa shape index (κ3) is 4.96. The number of halogens is 1. The van der Waals surface area contributed by atoms with Crippen molar-refractivity contribution < 1.29 is 14.3 Å². The van der Waals surface area contributed by atoms with Crippen LogP contribution in [-0.2, 0) is 6.54 Å². The Bertz CT molecular complexity index is 1140. The molecule has 0 bridgehead atoms. The Labute approximate surface area is 205 Å². The molecule has 2 aromatic rings. The van der Waals surface area contributed by atoms with E-state index >= 15 is 0 Å². The molecule has 2 aliphatic rings. The normalized spacial score (nSPS) is 22.0. The van der Waals surface area contributed by atoms with Crippen molar-refractivity contribution >= 4 is 17.5 Å². The van der Waals surface area contributed by atoms with E-state index in [0.29, 0.717) is 51.8 Å². The van der Waals surface area contributed by atoms with Gasteiger partial charge in [-0.05, 0) is 84.2 Å². The van der Waals surface area contributed by atoms with Crippen LogP contribution in [-0.4, -0.2) is 48.6 Å². The van der Waals surface area contributed by atoms with Crippen molar-refractivity contribution in [1.82, 2.24) is 15.2 Å². The summed E-state index contributed by atoms with van der Waals surface area (Å²) in [6.45, 7) is 6.10. The Kier molecular flexibility index (Phi) is 7.24. The van der Waals surface area contributed by atoms with Gasteiger partial charge >= 0.3 is 0 Å². The first-order valence-corrected chi connectivity index (χ1v) is 12.3. The molecule has 1 fully saturated rings. The molecule has 1 atom stereocenters. The highest BCUT2D eigenvalue weighted by atomic mass is 35.5. The quantitative estimate of drug-likeness (QED) is 0.662. The van der Waals surface area contributed by atoms with E-state index in [1.54, 1.807) is 6.07 Å². The molecule has 0 spiro atoms. The predicted octanol–water partition coefficient (Wildman–Crippen LogP) is 4.14. The first kappa shape index (κ1) is 24.6.